The molecule has 3 rings (SSSR count). The Bertz CT molecular complexity index is 1120. The number of methoxy groups -OCH3 is 2. The fourth-order valence-corrected chi connectivity index (χ4v) is 4.15. The maximum atomic E-state index is 13.4. The number of esters is 1. The number of carboxylic acids is 1. The lowest BCUT2D eigenvalue weighted by molar-refractivity contribution is -0.141. The molecule has 34 heavy (non-hydrogen) atoms. The van der Waals surface area contributed by atoms with Crippen molar-refractivity contribution >= 4 is 35.3 Å². The van der Waals surface area contributed by atoms with Crippen LogP contribution >= 0.6 is 11.6 Å². The average molecular weight is 484 g/mol. The number of ether oxygens (including phenoxy) is 3. The van der Waals surface area contributed by atoms with Gasteiger partial charge in [-0.05, 0) is 36.3 Å². The molecule has 178 valence electrons. The highest BCUT2D eigenvalue weighted by molar-refractivity contribution is 6.30. The standard InChI is InChI=1S/C26H26ClNO6/c1-16-20(24(29)30)21(18-12-7-13-19(27)15-18)22(23(28-16)26(32-2)33-3)25(31)34-14-8-11-17-9-5-4-6-10-17/h4-13,15,20-21,26H,14H2,1-3H3,(H,29,30). The summed E-state index contributed by atoms with van der Waals surface area (Å²) in [5.74, 6) is -3.83. The quantitative estimate of drug-likeness (QED) is 0.409. The number of hydrogen-bond acceptors (Lipinski definition) is 6. The van der Waals surface area contributed by atoms with E-state index in [0.717, 1.165) is 5.56 Å². The van der Waals surface area contributed by atoms with Gasteiger partial charge in [0, 0.05) is 30.9 Å². The van der Waals surface area contributed by atoms with Crippen molar-refractivity contribution in [3.05, 3.63) is 88.1 Å². The van der Waals surface area contributed by atoms with E-state index < -0.39 is 30.1 Å². The molecule has 0 amide bonds. The van der Waals surface area contributed by atoms with Crippen molar-refractivity contribution in [2.24, 2.45) is 10.9 Å². The van der Waals surface area contributed by atoms with Crippen molar-refractivity contribution in [3.63, 3.8) is 0 Å². The zero-order valence-electron chi connectivity index (χ0n) is 19.1. The third-order valence-electron chi connectivity index (χ3n) is 5.43. The molecular weight excluding hydrogens is 458 g/mol. The van der Waals surface area contributed by atoms with Crippen molar-refractivity contribution in [1.82, 2.24) is 0 Å². The van der Waals surface area contributed by atoms with Crippen molar-refractivity contribution in [2.45, 2.75) is 19.1 Å². The van der Waals surface area contributed by atoms with Crippen LogP contribution in [0.15, 0.2) is 76.9 Å². The molecule has 0 spiro atoms. The molecule has 8 heteroatoms. The summed E-state index contributed by atoms with van der Waals surface area (Å²) in [5.41, 5.74) is 2.04. The Labute approximate surface area is 203 Å². The monoisotopic (exact) mass is 483 g/mol. The van der Waals surface area contributed by atoms with Gasteiger partial charge < -0.3 is 19.3 Å². The van der Waals surface area contributed by atoms with Gasteiger partial charge in [-0.2, -0.15) is 0 Å². The minimum absolute atomic E-state index is 0.0160. The predicted octanol–water partition coefficient (Wildman–Crippen LogP) is 4.73. The van der Waals surface area contributed by atoms with Crippen LogP contribution in [0.5, 0.6) is 0 Å². The van der Waals surface area contributed by atoms with E-state index in [4.69, 9.17) is 25.8 Å². The normalized spacial score (nSPS) is 18.3. The first kappa shape index (κ1) is 25.4. The van der Waals surface area contributed by atoms with Crippen molar-refractivity contribution in [3.8, 4) is 0 Å². The summed E-state index contributed by atoms with van der Waals surface area (Å²) in [6.07, 6.45) is 2.54. The Balaban J connectivity index is 2.04. The van der Waals surface area contributed by atoms with Crippen LogP contribution in [0.2, 0.25) is 5.02 Å². The number of benzene rings is 2. The first-order valence-electron chi connectivity index (χ1n) is 10.6. The molecule has 0 saturated carbocycles. The summed E-state index contributed by atoms with van der Waals surface area (Å²) in [5, 5.41) is 10.4. The van der Waals surface area contributed by atoms with Gasteiger partial charge in [0.1, 0.15) is 18.2 Å². The molecule has 1 aliphatic rings. The SMILES string of the molecule is COC(OC)C1=C(C(=O)OCC=Cc2ccccc2)C(c2cccc(Cl)c2)C(C(=O)O)C(C)=N1. The lowest BCUT2D eigenvalue weighted by atomic mass is 9.75. The number of carbonyl (C=O) groups is 2. The van der Waals surface area contributed by atoms with Gasteiger partial charge in [0.2, 0.25) is 6.29 Å². The van der Waals surface area contributed by atoms with E-state index in [1.54, 1.807) is 37.3 Å². The number of nitrogens with zero attached hydrogens (tertiary/aromatic N) is 1. The van der Waals surface area contributed by atoms with Crippen LogP contribution in [0.25, 0.3) is 6.08 Å². The molecule has 1 N–H and O–H groups in total. The molecule has 0 aliphatic carbocycles. The zero-order valence-corrected chi connectivity index (χ0v) is 19.9. The first-order valence-corrected chi connectivity index (χ1v) is 11.0. The first-order chi connectivity index (χ1) is 16.4. The lowest BCUT2D eigenvalue weighted by Gasteiger charge is -2.32. The second-order valence-corrected chi connectivity index (χ2v) is 8.05. The van der Waals surface area contributed by atoms with E-state index in [0.29, 0.717) is 16.3 Å². The number of aliphatic carboxylic acids is 1. The van der Waals surface area contributed by atoms with E-state index in [-0.39, 0.29) is 17.9 Å². The van der Waals surface area contributed by atoms with Crippen LogP contribution in [0.1, 0.15) is 24.0 Å². The molecule has 2 aromatic rings. The smallest absolute Gasteiger partial charge is 0.337 e. The van der Waals surface area contributed by atoms with E-state index in [2.05, 4.69) is 4.99 Å². The highest BCUT2D eigenvalue weighted by Crippen LogP contribution is 2.41. The van der Waals surface area contributed by atoms with Crippen LogP contribution in [0.4, 0.5) is 0 Å². The summed E-state index contributed by atoms with van der Waals surface area (Å²) >= 11 is 6.20. The highest BCUT2D eigenvalue weighted by Gasteiger charge is 2.44. The number of aliphatic imine (C=N–C) groups is 1. The summed E-state index contributed by atoms with van der Waals surface area (Å²) in [6.45, 7) is 1.58. The van der Waals surface area contributed by atoms with Crippen molar-refractivity contribution in [1.29, 1.82) is 0 Å². The molecule has 0 bridgehead atoms. The molecule has 0 saturated heterocycles. The Morgan fingerprint density at radius 1 is 1.12 bits per heavy atom. The van der Waals surface area contributed by atoms with Crippen LogP contribution < -0.4 is 0 Å². The van der Waals surface area contributed by atoms with Gasteiger partial charge in [-0.25, -0.2) is 4.79 Å². The highest BCUT2D eigenvalue weighted by atomic mass is 35.5. The van der Waals surface area contributed by atoms with Gasteiger partial charge in [-0.15, -0.1) is 0 Å². The second-order valence-electron chi connectivity index (χ2n) is 7.62. The molecule has 1 aliphatic heterocycles. The summed E-state index contributed by atoms with van der Waals surface area (Å²) in [4.78, 5) is 30.1. The fraction of sp³-hybridized carbons (Fsp3) is 0.269. The number of halogens is 1. The largest absolute Gasteiger partial charge is 0.481 e. The van der Waals surface area contributed by atoms with E-state index in [1.807, 2.05) is 36.4 Å². The minimum atomic E-state index is -1.12. The topological polar surface area (TPSA) is 94.4 Å². The fourth-order valence-electron chi connectivity index (χ4n) is 3.95. The molecule has 7 nitrogen and oxygen atoms in total. The van der Waals surface area contributed by atoms with Crippen LogP contribution in [-0.4, -0.2) is 49.9 Å². The molecule has 2 atom stereocenters. The van der Waals surface area contributed by atoms with Gasteiger partial charge in [0.25, 0.3) is 0 Å². The van der Waals surface area contributed by atoms with Gasteiger partial charge in [0.15, 0.2) is 0 Å². The van der Waals surface area contributed by atoms with Gasteiger partial charge in [0.05, 0.1) is 5.57 Å². The maximum absolute atomic E-state index is 13.4. The van der Waals surface area contributed by atoms with Gasteiger partial charge in [-0.3, -0.25) is 9.79 Å². The Kier molecular flexibility index (Phi) is 8.76. The number of carbonyl (C=O) groups excluding carboxylic acids is 1. The Hall–Kier alpha value is -3.26. The molecule has 2 unspecified atom stereocenters. The number of carboxylic acid groups (broad SMARTS) is 1. The molecular formula is C26H26ClNO6. The van der Waals surface area contributed by atoms with Gasteiger partial charge >= 0.3 is 11.9 Å². The third-order valence-corrected chi connectivity index (χ3v) is 5.67. The molecule has 0 radical (unpaired) electrons. The molecule has 0 fully saturated rings. The minimum Gasteiger partial charge on any atom is -0.481 e. The predicted molar refractivity (Wildman–Crippen MR) is 130 cm³/mol. The number of rotatable bonds is 9. The van der Waals surface area contributed by atoms with E-state index in [9.17, 15) is 14.7 Å². The summed E-state index contributed by atoms with van der Waals surface area (Å²) in [6, 6.07) is 16.3. The molecule has 2 aromatic carbocycles. The summed E-state index contributed by atoms with van der Waals surface area (Å²) in [7, 11) is 2.82. The van der Waals surface area contributed by atoms with Crippen molar-refractivity contribution in [2.75, 3.05) is 20.8 Å². The van der Waals surface area contributed by atoms with Crippen LogP contribution in [-0.2, 0) is 23.8 Å². The van der Waals surface area contributed by atoms with Crippen molar-refractivity contribution < 1.29 is 28.9 Å². The third kappa shape index (κ3) is 5.80. The van der Waals surface area contributed by atoms with E-state index >= 15 is 0 Å². The van der Waals surface area contributed by atoms with E-state index in [1.165, 1.54) is 14.2 Å². The van der Waals surface area contributed by atoms with Gasteiger partial charge in [-0.1, -0.05) is 60.1 Å². The zero-order chi connectivity index (χ0) is 24.7. The second kappa shape index (κ2) is 11.7. The van der Waals surface area contributed by atoms with Crippen LogP contribution in [0.3, 0.4) is 0 Å². The number of hydrogen-bond donors (Lipinski definition) is 1. The van der Waals surface area contributed by atoms with Crippen LogP contribution in [0, 0.1) is 5.92 Å². The molecule has 1 heterocycles. The Morgan fingerprint density at radius 2 is 1.82 bits per heavy atom. The summed E-state index contributed by atoms with van der Waals surface area (Å²) < 4.78 is 16.3. The average Bonchev–Trinajstić information content (AvgIpc) is 2.82. The molecule has 0 aromatic heterocycles. The Morgan fingerprint density at radius 3 is 2.44 bits per heavy atom. The maximum Gasteiger partial charge on any atom is 0.337 e. The lowest BCUT2D eigenvalue weighted by Crippen LogP contribution is -2.38.